The number of amides is 2. The predicted octanol–water partition coefficient (Wildman–Crippen LogP) is -0.0754. The third-order valence-corrected chi connectivity index (χ3v) is 1.24. The molecule has 1 fully saturated rings. The number of rotatable bonds is 2. The lowest BCUT2D eigenvalue weighted by Gasteiger charge is -2.11. The molecule has 4 heteroatoms. The summed E-state index contributed by atoms with van der Waals surface area (Å²) in [5.41, 5.74) is 2.60. The van der Waals surface area contributed by atoms with Gasteiger partial charge in [-0.1, -0.05) is 0 Å². The second-order valence-electron chi connectivity index (χ2n) is 2.75. The lowest BCUT2D eigenvalue weighted by atomic mass is 10.7. The highest BCUT2D eigenvalue weighted by Crippen LogP contribution is 2.17. The number of hydrogen-bond acceptors (Lipinski definition) is 2. The largest absolute Gasteiger partial charge is 0.334 e. The van der Waals surface area contributed by atoms with E-state index < -0.39 is 0 Å². The highest BCUT2D eigenvalue weighted by Gasteiger charge is 2.22. The average Bonchev–Trinajstić information content (AvgIpc) is 2.46. The maximum absolute atomic E-state index is 10.8. The summed E-state index contributed by atoms with van der Waals surface area (Å²) < 4.78 is 0. The molecular weight excluding hydrogens is 130 g/mol. The van der Waals surface area contributed by atoms with Crippen LogP contribution in [-0.4, -0.2) is 31.2 Å². The highest BCUT2D eigenvalue weighted by atomic mass is 16.2. The van der Waals surface area contributed by atoms with Gasteiger partial charge < -0.3 is 5.32 Å². The Bertz CT molecular complexity index is 125. The van der Waals surface area contributed by atoms with Crippen LogP contribution in [0.4, 0.5) is 4.79 Å². The molecule has 10 heavy (non-hydrogen) atoms. The van der Waals surface area contributed by atoms with Crippen molar-refractivity contribution in [3.63, 3.8) is 0 Å². The van der Waals surface area contributed by atoms with Gasteiger partial charge in [0.15, 0.2) is 0 Å². The van der Waals surface area contributed by atoms with Crippen LogP contribution in [0.2, 0.25) is 0 Å². The fourth-order valence-corrected chi connectivity index (χ4v) is 0.648. The normalized spacial score (nSPS) is 17.1. The summed E-state index contributed by atoms with van der Waals surface area (Å²) in [5, 5.41) is 4.42. The highest BCUT2D eigenvalue weighted by molar-refractivity contribution is 5.73. The van der Waals surface area contributed by atoms with Gasteiger partial charge in [0.25, 0.3) is 0 Å². The molecule has 58 valence electrons. The zero-order valence-electron chi connectivity index (χ0n) is 6.35. The van der Waals surface area contributed by atoms with Crippen molar-refractivity contribution in [3.8, 4) is 0 Å². The van der Waals surface area contributed by atoms with E-state index in [9.17, 15) is 4.79 Å². The molecule has 0 aromatic rings. The van der Waals surface area contributed by atoms with Crippen LogP contribution in [0, 0.1) is 0 Å². The van der Waals surface area contributed by atoms with Crippen molar-refractivity contribution in [2.45, 2.75) is 18.9 Å². The van der Waals surface area contributed by atoms with Crippen LogP contribution < -0.4 is 10.7 Å². The lowest BCUT2D eigenvalue weighted by molar-refractivity contribution is 0.212. The maximum atomic E-state index is 10.8. The summed E-state index contributed by atoms with van der Waals surface area (Å²) in [7, 11) is 3.57. The monoisotopic (exact) mass is 143 g/mol. The maximum Gasteiger partial charge on any atom is 0.329 e. The molecule has 1 rings (SSSR count). The third kappa shape index (κ3) is 2.68. The molecule has 0 aromatic heterocycles. The Morgan fingerprint density at radius 3 is 2.50 bits per heavy atom. The van der Waals surface area contributed by atoms with Crippen LogP contribution in [0.3, 0.4) is 0 Å². The summed E-state index contributed by atoms with van der Waals surface area (Å²) in [6, 6.07) is 0.326. The van der Waals surface area contributed by atoms with Gasteiger partial charge in [0.1, 0.15) is 0 Å². The van der Waals surface area contributed by atoms with Gasteiger partial charge in [-0.2, -0.15) is 0 Å². The van der Waals surface area contributed by atoms with E-state index in [0.717, 1.165) is 12.8 Å². The quantitative estimate of drug-likeness (QED) is 0.531. The van der Waals surface area contributed by atoms with Crippen LogP contribution in [0.5, 0.6) is 0 Å². The number of hydrogen-bond donors (Lipinski definition) is 2. The van der Waals surface area contributed by atoms with Gasteiger partial charge in [0.05, 0.1) is 0 Å². The minimum Gasteiger partial charge on any atom is -0.334 e. The molecule has 4 nitrogen and oxygen atoms in total. The number of urea groups is 1. The third-order valence-electron chi connectivity index (χ3n) is 1.24. The second-order valence-corrected chi connectivity index (χ2v) is 2.75. The summed E-state index contributed by atoms with van der Waals surface area (Å²) >= 11 is 0. The van der Waals surface area contributed by atoms with Crippen molar-refractivity contribution >= 4 is 6.03 Å². The summed E-state index contributed by atoms with van der Waals surface area (Å²) in [4.78, 5) is 10.8. The fourth-order valence-electron chi connectivity index (χ4n) is 0.648. The van der Waals surface area contributed by atoms with E-state index in [1.807, 2.05) is 0 Å². The van der Waals surface area contributed by atoms with Gasteiger partial charge in [-0.15, -0.1) is 0 Å². The smallest absolute Gasteiger partial charge is 0.329 e. The lowest BCUT2D eigenvalue weighted by Crippen LogP contribution is -2.44. The zero-order valence-corrected chi connectivity index (χ0v) is 6.35. The van der Waals surface area contributed by atoms with Crippen molar-refractivity contribution in [1.82, 2.24) is 15.8 Å². The molecule has 0 bridgehead atoms. The topological polar surface area (TPSA) is 44.4 Å². The first-order chi connectivity index (χ1) is 4.68. The molecule has 2 amide bonds. The zero-order chi connectivity index (χ0) is 7.56. The number of nitrogens with one attached hydrogen (secondary N) is 2. The molecule has 0 radical (unpaired) electrons. The van der Waals surface area contributed by atoms with Crippen molar-refractivity contribution in [1.29, 1.82) is 0 Å². The number of carbonyl (C=O) groups excluding carboxylic acids is 1. The Hall–Kier alpha value is -0.770. The fraction of sp³-hybridized carbons (Fsp3) is 0.833. The average molecular weight is 143 g/mol. The van der Waals surface area contributed by atoms with Gasteiger partial charge in [0.2, 0.25) is 0 Å². The van der Waals surface area contributed by atoms with Crippen molar-refractivity contribution in [3.05, 3.63) is 0 Å². The molecule has 0 aliphatic heterocycles. The van der Waals surface area contributed by atoms with Gasteiger partial charge in [-0.05, 0) is 12.8 Å². The first-order valence-electron chi connectivity index (χ1n) is 3.43. The molecule has 0 saturated heterocycles. The Morgan fingerprint density at radius 1 is 1.50 bits per heavy atom. The van der Waals surface area contributed by atoms with E-state index in [4.69, 9.17) is 0 Å². The molecule has 0 unspecified atom stereocenters. The van der Waals surface area contributed by atoms with E-state index in [1.165, 1.54) is 0 Å². The Labute approximate surface area is 60.5 Å². The molecule has 1 aliphatic rings. The molecular formula is C6H13N3O. The van der Waals surface area contributed by atoms with E-state index in [2.05, 4.69) is 10.7 Å². The Balaban J connectivity index is 2.08. The van der Waals surface area contributed by atoms with Crippen molar-refractivity contribution in [2.24, 2.45) is 0 Å². The van der Waals surface area contributed by atoms with E-state index in [1.54, 1.807) is 19.1 Å². The first-order valence-corrected chi connectivity index (χ1v) is 3.43. The van der Waals surface area contributed by atoms with E-state index in [-0.39, 0.29) is 6.03 Å². The Morgan fingerprint density at radius 2 is 2.10 bits per heavy atom. The first kappa shape index (κ1) is 7.34. The summed E-state index contributed by atoms with van der Waals surface area (Å²) in [6.07, 6.45) is 2.25. The van der Waals surface area contributed by atoms with Gasteiger partial charge in [0, 0.05) is 20.1 Å². The number of nitrogens with zero attached hydrogens (tertiary/aromatic N) is 1. The standard InChI is InChI=1S/C6H13N3O/c1-9(2)8-6(10)7-5-3-4-5/h5H,3-4H2,1-2H3,(H2,7,8,10). The molecule has 0 aromatic carbocycles. The van der Waals surface area contributed by atoms with Crippen LogP contribution in [0.15, 0.2) is 0 Å². The van der Waals surface area contributed by atoms with Crippen molar-refractivity contribution in [2.75, 3.05) is 14.1 Å². The summed E-state index contributed by atoms with van der Waals surface area (Å²) in [6.45, 7) is 0. The minimum absolute atomic E-state index is 0.104. The van der Waals surface area contributed by atoms with Crippen molar-refractivity contribution < 1.29 is 4.79 Å². The molecule has 1 saturated carbocycles. The second kappa shape index (κ2) is 2.88. The number of hydrazine groups is 1. The van der Waals surface area contributed by atoms with Gasteiger partial charge >= 0.3 is 6.03 Å². The van der Waals surface area contributed by atoms with Crippen LogP contribution in [-0.2, 0) is 0 Å². The molecule has 1 aliphatic carbocycles. The van der Waals surface area contributed by atoms with E-state index >= 15 is 0 Å². The van der Waals surface area contributed by atoms with Gasteiger partial charge in [-0.25, -0.2) is 9.80 Å². The van der Waals surface area contributed by atoms with Gasteiger partial charge in [-0.3, -0.25) is 5.43 Å². The van der Waals surface area contributed by atoms with Crippen LogP contribution in [0.25, 0.3) is 0 Å². The minimum atomic E-state index is -0.104. The number of carbonyl (C=O) groups is 1. The van der Waals surface area contributed by atoms with E-state index in [0.29, 0.717) is 6.04 Å². The predicted molar refractivity (Wildman–Crippen MR) is 38.4 cm³/mol. The summed E-state index contributed by atoms with van der Waals surface area (Å²) in [5.74, 6) is 0. The molecule has 0 spiro atoms. The van der Waals surface area contributed by atoms with Crippen LogP contribution >= 0.6 is 0 Å². The molecule has 0 heterocycles. The van der Waals surface area contributed by atoms with Crippen LogP contribution in [0.1, 0.15) is 12.8 Å². The molecule has 2 N–H and O–H groups in total. The SMILES string of the molecule is CN(C)NC(=O)NC1CC1. The Kier molecular flexibility index (Phi) is 2.11. The molecule has 0 atom stereocenters.